The molecule has 20 heavy (non-hydrogen) atoms. The van der Waals surface area contributed by atoms with Crippen LogP contribution in [0, 0.1) is 17.3 Å². The van der Waals surface area contributed by atoms with Gasteiger partial charge in [0.05, 0.1) is 6.04 Å². The highest BCUT2D eigenvalue weighted by Gasteiger charge is 2.37. The zero-order valence-corrected chi connectivity index (χ0v) is 13.5. The van der Waals surface area contributed by atoms with Gasteiger partial charge in [-0.1, -0.05) is 40.0 Å². The summed E-state index contributed by atoms with van der Waals surface area (Å²) in [6, 6.07) is -0.0109. The molecule has 1 saturated carbocycles. The molecule has 3 nitrogen and oxygen atoms in total. The topological polar surface area (TPSA) is 41.1 Å². The Balaban J connectivity index is 1.75. The average molecular weight is 280 g/mol. The molecular formula is C17H32N2O. The molecule has 0 spiro atoms. The first-order valence-corrected chi connectivity index (χ1v) is 8.54. The Hall–Kier alpha value is -0.570. The van der Waals surface area contributed by atoms with E-state index in [0.717, 1.165) is 25.4 Å². The van der Waals surface area contributed by atoms with Crippen molar-refractivity contribution in [3.63, 3.8) is 0 Å². The zero-order valence-electron chi connectivity index (χ0n) is 13.5. The van der Waals surface area contributed by atoms with Crippen molar-refractivity contribution in [3.05, 3.63) is 0 Å². The third-order valence-corrected chi connectivity index (χ3v) is 5.50. The van der Waals surface area contributed by atoms with Crippen LogP contribution in [0.25, 0.3) is 0 Å². The molecule has 1 unspecified atom stereocenters. The first-order valence-electron chi connectivity index (χ1n) is 8.54. The van der Waals surface area contributed by atoms with Gasteiger partial charge in [0.15, 0.2) is 0 Å². The molecule has 1 aliphatic carbocycles. The van der Waals surface area contributed by atoms with Crippen LogP contribution in [0.2, 0.25) is 0 Å². The Bertz CT molecular complexity index is 319. The van der Waals surface area contributed by atoms with E-state index in [0.29, 0.717) is 5.92 Å². The van der Waals surface area contributed by atoms with E-state index in [1.165, 1.54) is 38.5 Å². The SMILES string of the molecule is CCC1CCC(CNC(=O)C2NCCCC2(C)C)CC1. The maximum atomic E-state index is 12.4. The molecule has 3 heteroatoms. The van der Waals surface area contributed by atoms with E-state index in [1.807, 2.05) is 0 Å². The highest BCUT2D eigenvalue weighted by atomic mass is 16.2. The van der Waals surface area contributed by atoms with Crippen LogP contribution < -0.4 is 10.6 Å². The summed E-state index contributed by atoms with van der Waals surface area (Å²) in [6.07, 6.45) is 8.92. The van der Waals surface area contributed by atoms with Crippen LogP contribution in [-0.4, -0.2) is 25.0 Å². The summed E-state index contributed by atoms with van der Waals surface area (Å²) >= 11 is 0. The molecule has 2 rings (SSSR count). The molecule has 0 radical (unpaired) electrons. The quantitative estimate of drug-likeness (QED) is 0.831. The van der Waals surface area contributed by atoms with Crippen LogP contribution in [0.1, 0.15) is 65.7 Å². The van der Waals surface area contributed by atoms with Crippen molar-refractivity contribution in [1.82, 2.24) is 10.6 Å². The lowest BCUT2D eigenvalue weighted by Gasteiger charge is -2.38. The molecule has 2 fully saturated rings. The summed E-state index contributed by atoms with van der Waals surface area (Å²) in [5.41, 5.74) is 0.0855. The van der Waals surface area contributed by atoms with Crippen molar-refractivity contribution in [2.75, 3.05) is 13.1 Å². The number of carbonyl (C=O) groups is 1. The number of amides is 1. The first-order chi connectivity index (χ1) is 9.53. The van der Waals surface area contributed by atoms with Crippen molar-refractivity contribution in [3.8, 4) is 0 Å². The molecule has 0 aromatic heterocycles. The van der Waals surface area contributed by atoms with Gasteiger partial charge in [-0.15, -0.1) is 0 Å². The lowest BCUT2D eigenvalue weighted by molar-refractivity contribution is -0.127. The van der Waals surface area contributed by atoms with Crippen molar-refractivity contribution < 1.29 is 4.79 Å². The summed E-state index contributed by atoms with van der Waals surface area (Å²) in [5, 5.41) is 6.61. The Labute approximate surface area is 124 Å². The van der Waals surface area contributed by atoms with E-state index < -0.39 is 0 Å². The first kappa shape index (κ1) is 15.8. The van der Waals surface area contributed by atoms with E-state index in [2.05, 4.69) is 31.4 Å². The van der Waals surface area contributed by atoms with Gasteiger partial charge in [0.25, 0.3) is 0 Å². The monoisotopic (exact) mass is 280 g/mol. The minimum absolute atomic E-state index is 0.0109. The number of carbonyl (C=O) groups excluding carboxylic acids is 1. The average Bonchev–Trinajstić information content (AvgIpc) is 2.45. The normalized spacial score (nSPS) is 33.6. The summed E-state index contributed by atoms with van der Waals surface area (Å²) < 4.78 is 0. The summed E-state index contributed by atoms with van der Waals surface area (Å²) in [5.74, 6) is 1.85. The van der Waals surface area contributed by atoms with Crippen LogP contribution in [0.4, 0.5) is 0 Å². The van der Waals surface area contributed by atoms with E-state index in [9.17, 15) is 4.79 Å². The van der Waals surface area contributed by atoms with Gasteiger partial charge in [-0.2, -0.15) is 0 Å². The van der Waals surface area contributed by atoms with Crippen molar-refractivity contribution in [1.29, 1.82) is 0 Å². The molecule has 2 N–H and O–H groups in total. The maximum absolute atomic E-state index is 12.4. The van der Waals surface area contributed by atoms with Gasteiger partial charge < -0.3 is 10.6 Å². The van der Waals surface area contributed by atoms with Crippen molar-refractivity contribution >= 4 is 5.91 Å². The molecule has 2 aliphatic rings. The van der Waals surface area contributed by atoms with E-state index in [-0.39, 0.29) is 17.4 Å². The van der Waals surface area contributed by atoms with Crippen molar-refractivity contribution in [2.45, 2.75) is 71.8 Å². The number of nitrogens with one attached hydrogen (secondary N) is 2. The number of rotatable bonds is 4. The molecule has 116 valence electrons. The third kappa shape index (κ3) is 3.97. The fourth-order valence-corrected chi connectivity index (χ4v) is 3.85. The van der Waals surface area contributed by atoms with E-state index in [4.69, 9.17) is 0 Å². The fourth-order valence-electron chi connectivity index (χ4n) is 3.85. The van der Waals surface area contributed by atoms with Gasteiger partial charge in [0, 0.05) is 6.54 Å². The second kappa shape index (κ2) is 6.93. The van der Waals surface area contributed by atoms with E-state index in [1.54, 1.807) is 0 Å². The fraction of sp³-hybridized carbons (Fsp3) is 0.941. The van der Waals surface area contributed by atoms with Gasteiger partial charge in [0.1, 0.15) is 0 Å². The Morgan fingerprint density at radius 1 is 1.20 bits per heavy atom. The maximum Gasteiger partial charge on any atom is 0.237 e. The van der Waals surface area contributed by atoms with Crippen LogP contribution in [-0.2, 0) is 4.79 Å². The minimum atomic E-state index is -0.0109. The van der Waals surface area contributed by atoms with Crippen LogP contribution in [0.3, 0.4) is 0 Å². The zero-order chi connectivity index (χ0) is 14.6. The second-order valence-electron chi connectivity index (χ2n) is 7.52. The highest BCUT2D eigenvalue weighted by molar-refractivity contribution is 5.82. The predicted molar refractivity (Wildman–Crippen MR) is 83.6 cm³/mol. The molecule has 1 aliphatic heterocycles. The van der Waals surface area contributed by atoms with Crippen LogP contribution >= 0.6 is 0 Å². The lowest BCUT2D eigenvalue weighted by atomic mass is 9.77. The third-order valence-electron chi connectivity index (χ3n) is 5.50. The van der Waals surface area contributed by atoms with E-state index >= 15 is 0 Å². The largest absolute Gasteiger partial charge is 0.354 e. The standard InChI is InChI=1S/C17H32N2O/c1-4-13-6-8-14(9-7-13)12-19-16(20)15-17(2,3)10-5-11-18-15/h13-15,18H,4-12H2,1-3H3,(H,19,20). The lowest BCUT2D eigenvalue weighted by Crippen LogP contribution is -2.56. The number of piperidine rings is 1. The van der Waals surface area contributed by atoms with Crippen LogP contribution in [0.15, 0.2) is 0 Å². The minimum Gasteiger partial charge on any atom is -0.354 e. The summed E-state index contributed by atoms with van der Waals surface area (Å²) in [7, 11) is 0. The Kier molecular flexibility index (Phi) is 5.48. The number of hydrogen-bond donors (Lipinski definition) is 2. The van der Waals surface area contributed by atoms with Gasteiger partial charge >= 0.3 is 0 Å². The van der Waals surface area contributed by atoms with Gasteiger partial charge in [-0.3, -0.25) is 4.79 Å². The van der Waals surface area contributed by atoms with Crippen molar-refractivity contribution in [2.24, 2.45) is 17.3 Å². The smallest absolute Gasteiger partial charge is 0.237 e. The molecule has 0 bridgehead atoms. The van der Waals surface area contributed by atoms with Crippen LogP contribution in [0.5, 0.6) is 0 Å². The summed E-state index contributed by atoms with van der Waals surface area (Å²) in [4.78, 5) is 12.4. The van der Waals surface area contributed by atoms with Gasteiger partial charge in [0.2, 0.25) is 5.91 Å². The molecule has 0 aromatic carbocycles. The molecule has 0 aromatic rings. The molecular weight excluding hydrogens is 248 g/mol. The second-order valence-corrected chi connectivity index (χ2v) is 7.52. The molecule has 1 amide bonds. The Morgan fingerprint density at radius 3 is 2.45 bits per heavy atom. The Morgan fingerprint density at radius 2 is 1.85 bits per heavy atom. The molecule has 1 saturated heterocycles. The molecule has 1 heterocycles. The van der Waals surface area contributed by atoms with Gasteiger partial charge in [-0.05, 0) is 49.5 Å². The summed E-state index contributed by atoms with van der Waals surface area (Å²) in [6.45, 7) is 8.56. The molecule has 1 atom stereocenters. The van der Waals surface area contributed by atoms with Gasteiger partial charge in [-0.25, -0.2) is 0 Å². The highest BCUT2D eigenvalue weighted by Crippen LogP contribution is 2.31. The predicted octanol–water partition coefficient (Wildman–Crippen LogP) is 3.10. The number of hydrogen-bond acceptors (Lipinski definition) is 2.